The zero-order valence-corrected chi connectivity index (χ0v) is 19.1. The molecule has 3 atom stereocenters. The maximum atomic E-state index is 11.2. The van der Waals surface area contributed by atoms with Crippen LogP contribution in [0.3, 0.4) is 0 Å². The van der Waals surface area contributed by atoms with Gasteiger partial charge in [-0.3, -0.25) is 0 Å². The standard InChI is InChI=1S/C31H31NO/c1-22(23-10-4-2-5-11-23)32-21-27-17-16-26-20-25(18-19-30(26)31(27)33)29-15-9-8-14-28(29)24-12-6-3-7-13-24/h2-15,18-20,22,27,31-33H,16-17,21H2,1H3/t22-,27+,31+/m0/s1. The predicted octanol–water partition coefficient (Wildman–Crippen LogP) is 6.97. The van der Waals surface area contributed by atoms with Gasteiger partial charge in [-0.1, -0.05) is 103 Å². The van der Waals surface area contributed by atoms with Gasteiger partial charge in [0.25, 0.3) is 0 Å². The van der Waals surface area contributed by atoms with Gasteiger partial charge in [0.2, 0.25) is 0 Å². The van der Waals surface area contributed by atoms with Gasteiger partial charge >= 0.3 is 0 Å². The average molecular weight is 434 g/mol. The maximum Gasteiger partial charge on any atom is 0.0833 e. The van der Waals surface area contributed by atoms with E-state index in [9.17, 15) is 5.11 Å². The summed E-state index contributed by atoms with van der Waals surface area (Å²) in [4.78, 5) is 0. The Morgan fingerprint density at radius 3 is 2.15 bits per heavy atom. The smallest absolute Gasteiger partial charge is 0.0833 e. The molecule has 0 saturated heterocycles. The summed E-state index contributed by atoms with van der Waals surface area (Å²) in [5.41, 5.74) is 8.56. The molecule has 4 aromatic rings. The third-order valence-electron chi connectivity index (χ3n) is 7.00. The van der Waals surface area contributed by atoms with Crippen LogP contribution in [0.1, 0.15) is 42.2 Å². The van der Waals surface area contributed by atoms with Gasteiger partial charge in [0.1, 0.15) is 0 Å². The minimum Gasteiger partial charge on any atom is -0.388 e. The second-order valence-electron chi connectivity index (χ2n) is 9.11. The molecule has 1 aliphatic carbocycles. The van der Waals surface area contributed by atoms with Crippen LogP contribution < -0.4 is 5.32 Å². The first-order valence-electron chi connectivity index (χ1n) is 11.9. The van der Waals surface area contributed by atoms with Gasteiger partial charge in [-0.25, -0.2) is 0 Å². The molecule has 2 nitrogen and oxygen atoms in total. The predicted molar refractivity (Wildman–Crippen MR) is 137 cm³/mol. The lowest BCUT2D eigenvalue weighted by Gasteiger charge is -2.31. The average Bonchev–Trinajstić information content (AvgIpc) is 2.89. The quantitative estimate of drug-likeness (QED) is 0.344. The summed E-state index contributed by atoms with van der Waals surface area (Å²) in [6, 6.07) is 36.5. The van der Waals surface area contributed by atoms with E-state index in [1.165, 1.54) is 33.4 Å². The molecule has 0 unspecified atom stereocenters. The van der Waals surface area contributed by atoms with Crippen LogP contribution in [0.2, 0.25) is 0 Å². The Kier molecular flexibility index (Phi) is 6.39. The van der Waals surface area contributed by atoms with Crippen LogP contribution in [0, 0.1) is 5.92 Å². The number of hydrogen-bond donors (Lipinski definition) is 2. The van der Waals surface area contributed by atoms with Crippen LogP contribution in [-0.4, -0.2) is 11.7 Å². The van der Waals surface area contributed by atoms with Crippen LogP contribution in [-0.2, 0) is 6.42 Å². The fourth-order valence-electron chi connectivity index (χ4n) is 5.04. The fourth-order valence-corrected chi connectivity index (χ4v) is 5.04. The molecule has 0 spiro atoms. The number of aryl methyl sites for hydroxylation is 1. The summed E-state index contributed by atoms with van der Waals surface area (Å²) in [6.07, 6.45) is 1.56. The highest BCUT2D eigenvalue weighted by Crippen LogP contribution is 2.38. The third kappa shape index (κ3) is 4.64. The van der Waals surface area contributed by atoms with Crippen LogP contribution in [0.25, 0.3) is 22.3 Å². The topological polar surface area (TPSA) is 32.3 Å². The van der Waals surface area contributed by atoms with Crippen LogP contribution in [0.15, 0.2) is 103 Å². The van der Waals surface area contributed by atoms with Gasteiger partial charge in [0.15, 0.2) is 0 Å². The lowest BCUT2D eigenvalue weighted by atomic mass is 9.80. The normalized spacial score (nSPS) is 18.5. The largest absolute Gasteiger partial charge is 0.388 e. The van der Waals surface area contributed by atoms with Gasteiger partial charge < -0.3 is 10.4 Å². The first kappa shape index (κ1) is 21.6. The minimum absolute atomic E-state index is 0.228. The molecule has 0 saturated carbocycles. The van der Waals surface area contributed by atoms with E-state index in [4.69, 9.17) is 0 Å². The van der Waals surface area contributed by atoms with Gasteiger partial charge in [0.05, 0.1) is 6.10 Å². The molecule has 33 heavy (non-hydrogen) atoms. The van der Waals surface area contributed by atoms with Crippen LogP contribution >= 0.6 is 0 Å². The van der Waals surface area contributed by atoms with E-state index in [1.807, 2.05) is 6.07 Å². The number of nitrogens with one attached hydrogen (secondary N) is 1. The number of aliphatic hydroxyl groups is 1. The van der Waals surface area contributed by atoms with Crippen molar-refractivity contribution in [2.24, 2.45) is 5.92 Å². The van der Waals surface area contributed by atoms with Gasteiger partial charge in [0, 0.05) is 18.5 Å². The summed E-state index contributed by atoms with van der Waals surface area (Å²) < 4.78 is 0. The Hall–Kier alpha value is -3.20. The molecule has 166 valence electrons. The molecule has 0 bridgehead atoms. The van der Waals surface area contributed by atoms with Crippen molar-refractivity contribution in [1.29, 1.82) is 0 Å². The Morgan fingerprint density at radius 1 is 0.788 bits per heavy atom. The molecule has 0 aromatic heterocycles. The van der Waals surface area contributed by atoms with Crippen molar-refractivity contribution in [3.63, 3.8) is 0 Å². The minimum atomic E-state index is -0.428. The summed E-state index contributed by atoms with van der Waals surface area (Å²) in [7, 11) is 0. The Labute approximate surface area is 196 Å². The molecule has 2 heteroatoms. The van der Waals surface area contributed by atoms with E-state index in [1.54, 1.807) is 0 Å². The molecule has 2 N–H and O–H groups in total. The van der Waals surface area contributed by atoms with Crippen molar-refractivity contribution in [3.8, 4) is 22.3 Å². The maximum absolute atomic E-state index is 11.2. The Morgan fingerprint density at radius 2 is 1.42 bits per heavy atom. The fraction of sp³-hybridized carbons (Fsp3) is 0.226. The third-order valence-corrected chi connectivity index (χ3v) is 7.00. The summed E-state index contributed by atoms with van der Waals surface area (Å²) >= 11 is 0. The molecule has 0 radical (unpaired) electrons. The van der Waals surface area contributed by atoms with E-state index in [-0.39, 0.29) is 12.0 Å². The van der Waals surface area contributed by atoms with Crippen molar-refractivity contribution < 1.29 is 5.11 Å². The van der Waals surface area contributed by atoms with Crippen molar-refractivity contribution in [2.45, 2.75) is 31.9 Å². The van der Waals surface area contributed by atoms with Gasteiger partial charge in [-0.2, -0.15) is 0 Å². The highest BCUT2D eigenvalue weighted by molar-refractivity contribution is 5.83. The second kappa shape index (κ2) is 9.74. The van der Waals surface area contributed by atoms with Gasteiger partial charge in [-0.05, 0) is 58.7 Å². The molecule has 0 heterocycles. The highest BCUT2D eigenvalue weighted by Gasteiger charge is 2.28. The second-order valence-corrected chi connectivity index (χ2v) is 9.11. The Bertz CT molecular complexity index is 1200. The molecule has 0 amide bonds. The zero-order valence-electron chi connectivity index (χ0n) is 19.1. The number of benzene rings is 4. The van der Waals surface area contributed by atoms with Crippen molar-refractivity contribution in [2.75, 3.05) is 6.54 Å². The number of fused-ring (bicyclic) bond motifs is 1. The van der Waals surface area contributed by atoms with Crippen molar-refractivity contribution in [3.05, 3.63) is 120 Å². The summed E-state index contributed by atoms with van der Waals surface area (Å²) in [5.74, 6) is 0.228. The lowest BCUT2D eigenvalue weighted by molar-refractivity contribution is 0.0915. The molecule has 4 aromatic carbocycles. The molecular weight excluding hydrogens is 402 g/mol. The van der Waals surface area contributed by atoms with E-state index in [0.29, 0.717) is 0 Å². The SMILES string of the molecule is C[C@H](NC[C@H]1CCc2cc(-c3ccccc3-c3ccccc3)ccc2[C@@H]1O)c1ccccc1. The van der Waals surface area contributed by atoms with Crippen LogP contribution in [0.5, 0.6) is 0 Å². The van der Waals surface area contributed by atoms with E-state index >= 15 is 0 Å². The number of hydrogen-bond acceptors (Lipinski definition) is 2. The molecule has 5 rings (SSSR count). The monoisotopic (exact) mass is 433 g/mol. The highest BCUT2D eigenvalue weighted by atomic mass is 16.3. The molecule has 1 aliphatic rings. The molecule has 0 aliphatic heterocycles. The molecule has 0 fully saturated rings. The summed E-state index contributed by atoms with van der Waals surface area (Å²) in [5, 5.41) is 14.8. The van der Waals surface area contributed by atoms with Crippen LogP contribution in [0.4, 0.5) is 0 Å². The lowest BCUT2D eigenvalue weighted by Crippen LogP contribution is -2.32. The number of rotatable bonds is 6. The van der Waals surface area contributed by atoms with Crippen molar-refractivity contribution >= 4 is 0 Å². The van der Waals surface area contributed by atoms with Gasteiger partial charge in [-0.15, -0.1) is 0 Å². The van der Waals surface area contributed by atoms with E-state index in [2.05, 4.69) is 109 Å². The van der Waals surface area contributed by atoms with Crippen molar-refractivity contribution in [1.82, 2.24) is 5.32 Å². The zero-order chi connectivity index (χ0) is 22.6. The molecular formula is C31H31NO. The Balaban J connectivity index is 1.34. The first-order chi connectivity index (χ1) is 16.2. The summed E-state index contributed by atoms with van der Waals surface area (Å²) in [6.45, 7) is 3.00. The number of aliphatic hydroxyl groups excluding tert-OH is 1. The van der Waals surface area contributed by atoms with E-state index in [0.717, 1.165) is 24.9 Å². The first-order valence-corrected chi connectivity index (χ1v) is 11.9. The van der Waals surface area contributed by atoms with E-state index < -0.39 is 6.10 Å².